The number of aliphatic hydroxyl groups excluding tert-OH is 4. The standard InChI is InChI=1S/C8H16N2O7/c9-8(16)7(10-4(13)2-12)6(15)5(14)3(1-11)17-8/h3,5-7,11-12,14-16H,1-2,9H2,(H,10,13)/t3-,5-,6+,7-,8-/m1/s1. The molecule has 0 aromatic carbocycles. The molecule has 8 N–H and O–H groups in total. The Labute approximate surface area is 96.4 Å². The first-order chi connectivity index (χ1) is 7.83. The van der Waals surface area contributed by atoms with Gasteiger partial charge in [0.05, 0.1) is 6.61 Å². The average molecular weight is 252 g/mol. The van der Waals surface area contributed by atoms with Crippen LogP contribution in [0.25, 0.3) is 0 Å². The second kappa shape index (κ2) is 5.23. The quantitative estimate of drug-likeness (QED) is 0.246. The van der Waals surface area contributed by atoms with Crippen LogP contribution in [0.4, 0.5) is 0 Å². The molecule has 9 heteroatoms. The summed E-state index contributed by atoms with van der Waals surface area (Å²) in [6.07, 6.45) is -4.46. The van der Waals surface area contributed by atoms with Gasteiger partial charge in [-0.3, -0.25) is 10.5 Å². The third kappa shape index (κ3) is 2.90. The van der Waals surface area contributed by atoms with E-state index in [4.69, 9.17) is 20.7 Å². The molecule has 100 valence electrons. The third-order valence-electron chi connectivity index (χ3n) is 2.50. The van der Waals surface area contributed by atoms with Gasteiger partial charge >= 0.3 is 0 Å². The Kier molecular flexibility index (Phi) is 4.38. The number of amides is 1. The Morgan fingerprint density at radius 1 is 1.35 bits per heavy atom. The summed E-state index contributed by atoms with van der Waals surface area (Å²) in [5.41, 5.74) is 5.30. The van der Waals surface area contributed by atoms with Crippen LogP contribution in [-0.4, -0.2) is 74.9 Å². The van der Waals surface area contributed by atoms with E-state index in [2.05, 4.69) is 0 Å². The molecule has 0 aromatic rings. The molecule has 1 saturated heterocycles. The number of carbonyl (C=O) groups excluding carboxylic acids is 1. The second-order valence-electron chi connectivity index (χ2n) is 3.78. The fourth-order valence-electron chi connectivity index (χ4n) is 1.60. The molecule has 1 fully saturated rings. The summed E-state index contributed by atoms with van der Waals surface area (Å²) >= 11 is 0. The maximum atomic E-state index is 10.9. The van der Waals surface area contributed by atoms with Crippen LogP contribution >= 0.6 is 0 Å². The molecule has 1 heterocycles. The molecule has 1 aliphatic rings. The van der Waals surface area contributed by atoms with Crippen molar-refractivity contribution in [2.24, 2.45) is 5.73 Å². The Balaban J connectivity index is 2.84. The molecule has 0 bridgehead atoms. The number of hydrogen-bond acceptors (Lipinski definition) is 8. The minimum Gasteiger partial charge on any atom is -0.394 e. The zero-order valence-corrected chi connectivity index (χ0v) is 8.85. The molecule has 0 aliphatic carbocycles. The fourth-order valence-corrected chi connectivity index (χ4v) is 1.60. The highest BCUT2D eigenvalue weighted by molar-refractivity contribution is 5.77. The van der Waals surface area contributed by atoms with Gasteiger partial charge in [0.1, 0.15) is 31.0 Å². The van der Waals surface area contributed by atoms with Gasteiger partial charge < -0.3 is 35.6 Å². The van der Waals surface area contributed by atoms with E-state index in [1.807, 2.05) is 5.32 Å². The van der Waals surface area contributed by atoms with Crippen LogP contribution in [0.2, 0.25) is 0 Å². The van der Waals surface area contributed by atoms with Gasteiger partial charge in [0.2, 0.25) is 11.8 Å². The van der Waals surface area contributed by atoms with Crippen LogP contribution in [-0.2, 0) is 9.53 Å². The topological polar surface area (TPSA) is 166 Å². The lowest BCUT2D eigenvalue weighted by Gasteiger charge is -2.45. The van der Waals surface area contributed by atoms with Crippen molar-refractivity contribution < 1.29 is 35.1 Å². The maximum absolute atomic E-state index is 10.9. The fraction of sp³-hybridized carbons (Fsp3) is 0.875. The molecular formula is C8H16N2O7. The number of rotatable bonds is 3. The molecule has 5 atom stereocenters. The zero-order chi connectivity index (χ0) is 13.2. The van der Waals surface area contributed by atoms with Gasteiger partial charge in [0.15, 0.2) is 0 Å². The summed E-state index contributed by atoms with van der Waals surface area (Å²) < 4.78 is 4.74. The normalized spacial score (nSPS) is 42.2. The summed E-state index contributed by atoms with van der Waals surface area (Å²) in [6, 6.07) is -1.53. The van der Waals surface area contributed by atoms with E-state index < -0.39 is 49.4 Å². The van der Waals surface area contributed by atoms with E-state index in [1.54, 1.807) is 0 Å². The summed E-state index contributed by atoms with van der Waals surface area (Å²) in [5, 5.41) is 48.2. The molecule has 0 spiro atoms. The molecule has 0 radical (unpaired) electrons. The Morgan fingerprint density at radius 3 is 2.41 bits per heavy atom. The smallest absolute Gasteiger partial charge is 0.246 e. The van der Waals surface area contributed by atoms with E-state index >= 15 is 0 Å². The van der Waals surface area contributed by atoms with Crippen molar-refractivity contribution in [2.75, 3.05) is 13.2 Å². The molecule has 1 amide bonds. The van der Waals surface area contributed by atoms with Crippen LogP contribution < -0.4 is 11.1 Å². The van der Waals surface area contributed by atoms with Gasteiger partial charge in [-0.25, -0.2) is 0 Å². The predicted molar refractivity (Wildman–Crippen MR) is 52.1 cm³/mol. The molecule has 9 nitrogen and oxygen atoms in total. The minimum absolute atomic E-state index is 0.668. The minimum atomic E-state index is -2.46. The van der Waals surface area contributed by atoms with Crippen molar-refractivity contribution in [3.63, 3.8) is 0 Å². The second-order valence-corrected chi connectivity index (χ2v) is 3.78. The lowest BCUT2D eigenvalue weighted by molar-refractivity contribution is -0.315. The predicted octanol–water partition coefficient (Wildman–Crippen LogP) is -4.82. The van der Waals surface area contributed by atoms with Crippen molar-refractivity contribution in [2.45, 2.75) is 30.3 Å². The molecule has 0 unspecified atom stereocenters. The maximum Gasteiger partial charge on any atom is 0.246 e. The number of ether oxygens (including phenoxy) is 1. The van der Waals surface area contributed by atoms with Crippen molar-refractivity contribution in [3.05, 3.63) is 0 Å². The monoisotopic (exact) mass is 252 g/mol. The lowest BCUT2D eigenvalue weighted by Crippen LogP contribution is -2.73. The van der Waals surface area contributed by atoms with E-state index in [-0.39, 0.29) is 0 Å². The van der Waals surface area contributed by atoms with E-state index in [9.17, 15) is 20.1 Å². The van der Waals surface area contributed by atoms with Crippen LogP contribution in [0.3, 0.4) is 0 Å². The first-order valence-corrected chi connectivity index (χ1v) is 4.89. The number of carbonyl (C=O) groups is 1. The SMILES string of the molecule is N[C@]1(O)O[C@H](CO)[C@@H](O)[C@H](O)[C@H]1NC(=O)CO. The van der Waals surface area contributed by atoms with Crippen molar-refractivity contribution in [1.82, 2.24) is 5.32 Å². The average Bonchev–Trinajstić information content (AvgIpc) is 2.29. The zero-order valence-electron chi connectivity index (χ0n) is 8.85. The Morgan fingerprint density at radius 2 is 1.94 bits per heavy atom. The van der Waals surface area contributed by atoms with Crippen molar-refractivity contribution in [3.8, 4) is 0 Å². The van der Waals surface area contributed by atoms with Crippen LogP contribution in [0.1, 0.15) is 0 Å². The van der Waals surface area contributed by atoms with Crippen molar-refractivity contribution in [1.29, 1.82) is 0 Å². The Bertz CT molecular complexity index is 285. The number of hydrogen-bond donors (Lipinski definition) is 7. The van der Waals surface area contributed by atoms with Gasteiger partial charge in [0.25, 0.3) is 0 Å². The largest absolute Gasteiger partial charge is 0.394 e. The van der Waals surface area contributed by atoms with Gasteiger partial charge in [0, 0.05) is 0 Å². The van der Waals surface area contributed by atoms with E-state index in [0.29, 0.717) is 0 Å². The highest BCUT2D eigenvalue weighted by Gasteiger charge is 2.51. The molecule has 0 saturated carbocycles. The first-order valence-electron chi connectivity index (χ1n) is 4.89. The van der Waals surface area contributed by atoms with E-state index in [0.717, 1.165) is 0 Å². The number of nitrogens with one attached hydrogen (secondary N) is 1. The number of nitrogens with two attached hydrogens (primary N) is 1. The third-order valence-corrected chi connectivity index (χ3v) is 2.50. The summed E-state index contributed by atoms with van der Waals surface area (Å²) in [6.45, 7) is -1.54. The van der Waals surface area contributed by atoms with Crippen LogP contribution in [0, 0.1) is 0 Å². The Hall–Kier alpha value is -0.810. The van der Waals surface area contributed by atoms with E-state index in [1.165, 1.54) is 0 Å². The van der Waals surface area contributed by atoms with Gasteiger partial charge in [-0.2, -0.15) is 0 Å². The van der Waals surface area contributed by atoms with Gasteiger partial charge in [-0.1, -0.05) is 0 Å². The molecule has 1 rings (SSSR count). The summed E-state index contributed by atoms with van der Waals surface area (Å²) in [5.74, 6) is -3.37. The lowest BCUT2D eigenvalue weighted by atomic mass is 9.94. The summed E-state index contributed by atoms with van der Waals surface area (Å²) in [4.78, 5) is 10.9. The van der Waals surface area contributed by atoms with Crippen LogP contribution in [0.5, 0.6) is 0 Å². The molecule has 1 aliphatic heterocycles. The summed E-state index contributed by atoms with van der Waals surface area (Å²) in [7, 11) is 0. The highest BCUT2D eigenvalue weighted by atomic mass is 16.7. The highest BCUT2D eigenvalue weighted by Crippen LogP contribution is 2.24. The molecular weight excluding hydrogens is 236 g/mol. The first kappa shape index (κ1) is 14.3. The van der Waals surface area contributed by atoms with Crippen LogP contribution in [0.15, 0.2) is 0 Å². The number of aliphatic hydroxyl groups is 5. The molecule has 0 aromatic heterocycles. The van der Waals surface area contributed by atoms with Gasteiger partial charge in [-0.15, -0.1) is 0 Å². The van der Waals surface area contributed by atoms with Gasteiger partial charge in [-0.05, 0) is 0 Å². The molecule has 17 heavy (non-hydrogen) atoms. The van der Waals surface area contributed by atoms with Crippen molar-refractivity contribution >= 4 is 5.91 Å².